The fourth-order valence-corrected chi connectivity index (χ4v) is 3.03. The van der Waals surface area contributed by atoms with Crippen molar-refractivity contribution in [3.63, 3.8) is 0 Å². The van der Waals surface area contributed by atoms with Crippen LogP contribution in [0.4, 0.5) is 0 Å². The molecule has 0 saturated heterocycles. The number of nitrogens with one attached hydrogen (secondary N) is 1. The van der Waals surface area contributed by atoms with Crippen LogP contribution in [-0.2, 0) is 6.54 Å². The molecule has 94 valence electrons. The number of rotatable bonds is 3. The molecule has 0 aromatic carbocycles. The van der Waals surface area contributed by atoms with Gasteiger partial charge in [-0.15, -0.1) is 11.3 Å². The molecule has 0 aliphatic carbocycles. The monoisotopic (exact) mass is 324 g/mol. The Labute approximate surface area is 118 Å². The second kappa shape index (κ2) is 5.63. The molecular weight excluding hydrogens is 312 g/mol. The lowest BCUT2D eigenvalue weighted by Gasteiger charge is -2.06. The number of halogens is 1. The van der Waals surface area contributed by atoms with Crippen LogP contribution in [0.25, 0.3) is 0 Å². The predicted octanol–water partition coefficient (Wildman–Crippen LogP) is 3.45. The molecule has 2 aromatic heterocycles. The fraction of sp³-hybridized carbons (Fsp3) is 0.231. The maximum atomic E-state index is 12.0. The van der Waals surface area contributed by atoms with Gasteiger partial charge < -0.3 is 5.32 Å². The van der Waals surface area contributed by atoms with Crippen molar-refractivity contribution >= 4 is 33.2 Å². The van der Waals surface area contributed by atoms with Crippen LogP contribution in [0.5, 0.6) is 0 Å². The third-order valence-electron chi connectivity index (χ3n) is 2.51. The van der Waals surface area contributed by atoms with Gasteiger partial charge >= 0.3 is 0 Å². The van der Waals surface area contributed by atoms with E-state index in [0.717, 1.165) is 20.7 Å². The quantitative estimate of drug-likeness (QED) is 0.939. The van der Waals surface area contributed by atoms with Gasteiger partial charge in [-0.2, -0.15) is 0 Å². The van der Waals surface area contributed by atoms with Crippen LogP contribution in [0, 0.1) is 13.8 Å². The van der Waals surface area contributed by atoms with Gasteiger partial charge in [0.25, 0.3) is 5.91 Å². The lowest BCUT2D eigenvalue weighted by Crippen LogP contribution is -2.23. The molecule has 0 spiro atoms. The van der Waals surface area contributed by atoms with Crippen molar-refractivity contribution in [1.82, 2.24) is 10.3 Å². The molecular formula is C13H13BrN2OS. The summed E-state index contributed by atoms with van der Waals surface area (Å²) in [5, 5.41) is 4.90. The molecule has 0 saturated carbocycles. The summed E-state index contributed by atoms with van der Waals surface area (Å²) in [6, 6.07) is 5.67. The largest absolute Gasteiger partial charge is 0.347 e. The summed E-state index contributed by atoms with van der Waals surface area (Å²) in [7, 11) is 0. The Morgan fingerprint density at radius 1 is 1.44 bits per heavy atom. The number of hydrogen-bond acceptors (Lipinski definition) is 3. The summed E-state index contributed by atoms with van der Waals surface area (Å²) in [5.41, 5.74) is 2.32. The van der Waals surface area contributed by atoms with E-state index < -0.39 is 0 Å². The number of pyridine rings is 1. The van der Waals surface area contributed by atoms with Gasteiger partial charge in [-0.05, 0) is 48.0 Å². The minimum absolute atomic E-state index is 0.0791. The highest BCUT2D eigenvalue weighted by atomic mass is 79.9. The first-order valence-electron chi connectivity index (χ1n) is 5.51. The SMILES string of the molecule is Cc1ccc(C(=O)NCc2cc(Br)cs2)c(C)n1. The highest BCUT2D eigenvalue weighted by Gasteiger charge is 2.10. The predicted molar refractivity (Wildman–Crippen MR) is 76.9 cm³/mol. The Hall–Kier alpha value is -1.20. The number of aromatic nitrogens is 1. The van der Waals surface area contributed by atoms with Gasteiger partial charge in [0.15, 0.2) is 0 Å². The van der Waals surface area contributed by atoms with Crippen molar-refractivity contribution in [2.75, 3.05) is 0 Å². The van der Waals surface area contributed by atoms with Gasteiger partial charge in [0.05, 0.1) is 17.8 Å². The Morgan fingerprint density at radius 3 is 2.83 bits per heavy atom. The smallest absolute Gasteiger partial charge is 0.253 e. The van der Waals surface area contributed by atoms with E-state index in [2.05, 4.69) is 26.2 Å². The van der Waals surface area contributed by atoms with E-state index in [1.165, 1.54) is 0 Å². The van der Waals surface area contributed by atoms with E-state index in [-0.39, 0.29) is 5.91 Å². The Kier molecular flexibility index (Phi) is 4.14. The van der Waals surface area contributed by atoms with Crippen LogP contribution in [0.3, 0.4) is 0 Å². The van der Waals surface area contributed by atoms with E-state index in [9.17, 15) is 4.79 Å². The molecule has 18 heavy (non-hydrogen) atoms. The zero-order valence-electron chi connectivity index (χ0n) is 10.2. The number of carbonyl (C=O) groups is 1. The topological polar surface area (TPSA) is 42.0 Å². The van der Waals surface area contributed by atoms with Gasteiger partial charge in [0.2, 0.25) is 0 Å². The minimum atomic E-state index is -0.0791. The summed E-state index contributed by atoms with van der Waals surface area (Å²) in [5.74, 6) is -0.0791. The second-order valence-corrected chi connectivity index (χ2v) is 5.91. The van der Waals surface area contributed by atoms with Crippen molar-refractivity contribution in [3.8, 4) is 0 Å². The molecule has 0 unspecified atom stereocenters. The zero-order chi connectivity index (χ0) is 13.1. The summed E-state index contributed by atoms with van der Waals surface area (Å²) in [4.78, 5) is 17.4. The molecule has 0 atom stereocenters. The van der Waals surface area contributed by atoms with Crippen molar-refractivity contribution in [3.05, 3.63) is 49.9 Å². The zero-order valence-corrected chi connectivity index (χ0v) is 12.6. The van der Waals surface area contributed by atoms with E-state index in [1.807, 2.05) is 37.4 Å². The average molecular weight is 325 g/mol. The van der Waals surface area contributed by atoms with Gasteiger partial charge in [-0.1, -0.05) is 0 Å². The Morgan fingerprint density at radius 2 is 2.22 bits per heavy atom. The number of aryl methyl sites for hydroxylation is 2. The van der Waals surface area contributed by atoms with E-state index in [1.54, 1.807) is 11.3 Å². The third kappa shape index (κ3) is 3.17. The third-order valence-corrected chi connectivity index (χ3v) is 4.21. The van der Waals surface area contributed by atoms with Crippen LogP contribution in [-0.4, -0.2) is 10.9 Å². The molecule has 5 heteroatoms. The number of carbonyl (C=O) groups excluding carboxylic acids is 1. The Balaban J connectivity index is 2.03. The van der Waals surface area contributed by atoms with Gasteiger partial charge in [0.1, 0.15) is 0 Å². The van der Waals surface area contributed by atoms with Crippen LogP contribution in [0.2, 0.25) is 0 Å². The van der Waals surface area contributed by atoms with E-state index in [0.29, 0.717) is 12.1 Å². The first kappa shape index (κ1) is 13.2. The molecule has 2 aromatic rings. The first-order chi connectivity index (χ1) is 8.56. The van der Waals surface area contributed by atoms with Gasteiger partial charge in [-0.3, -0.25) is 9.78 Å². The van der Waals surface area contributed by atoms with E-state index in [4.69, 9.17) is 0 Å². The van der Waals surface area contributed by atoms with Crippen LogP contribution >= 0.6 is 27.3 Å². The van der Waals surface area contributed by atoms with Crippen LogP contribution in [0.15, 0.2) is 28.1 Å². The second-order valence-electron chi connectivity index (χ2n) is 4.00. The number of nitrogens with zero attached hydrogens (tertiary/aromatic N) is 1. The molecule has 1 amide bonds. The molecule has 0 bridgehead atoms. The highest BCUT2D eigenvalue weighted by Crippen LogP contribution is 2.19. The molecule has 2 heterocycles. The summed E-state index contributed by atoms with van der Waals surface area (Å²) in [6.07, 6.45) is 0. The number of thiophene rings is 1. The van der Waals surface area contributed by atoms with Crippen molar-refractivity contribution in [1.29, 1.82) is 0 Å². The molecule has 0 aliphatic rings. The van der Waals surface area contributed by atoms with Gasteiger partial charge in [-0.25, -0.2) is 0 Å². The van der Waals surface area contributed by atoms with Crippen molar-refractivity contribution < 1.29 is 4.79 Å². The average Bonchev–Trinajstić information content (AvgIpc) is 2.72. The molecule has 2 rings (SSSR count). The first-order valence-corrected chi connectivity index (χ1v) is 7.19. The van der Waals surface area contributed by atoms with Gasteiger partial charge in [0, 0.05) is 20.4 Å². The van der Waals surface area contributed by atoms with E-state index >= 15 is 0 Å². The number of hydrogen-bond donors (Lipinski definition) is 1. The molecule has 0 fully saturated rings. The molecule has 1 N–H and O–H groups in total. The summed E-state index contributed by atoms with van der Waals surface area (Å²) in [6.45, 7) is 4.31. The molecule has 0 aliphatic heterocycles. The minimum Gasteiger partial charge on any atom is -0.347 e. The lowest BCUT2D eigenvalue weighted by atomic mass is 10.1. The standard InChI is InChI=1S/C13H13BrN2OS/c1-8-3-4-12(9(2)16-8)13(17)15-6-11-5-10(14)7-18-11/h3-5,7H,6H2,1-2H3,(H,15,17). The summed E-state index contributed by atoms with van der Waals surface area (Å²) < 4.78 is 1.05. The van der Waals surface area contributed by atoms with Crippen molar-refractivity contribution in [2.45, 2.75) is 20.4 Å². The molecule has 3 nitrogen and oxygen atoms in total. The fourth-order valence-electron chi connectivity index (χ4n) is 1.64. The normalized spacial score (nSPS) is 10.4. The Bertz CT molecular complexity index is 580. The van der Waals surface area contributed by atoms with Crippen LogP contribution in [0.1, 0.15) is 26.6 Å². The van der Waals surface area contributed by atoms with Crippen LogP contribution < -0.4 is 5.32 Å². The highest BCUT2D eigenvalue weighted by molar-refractivity contribution is 9.10. The number of amides is 1. The lowest BCUT2D eigenvalue weighted by molar-refractivity contribution is 0.0950. The maximum Gasteiger partial charge on any atom is 0.253 e. The van der Waals surface area contributed by atoms with Crippen molar-refractivity contribution in [2.24, 2.45) is 0 Å². The molecule has 0 radical (unpaired) electrons. The maximum absolute atomic E-state index is 12.0. The summed E-state index contributed by atoms with van der Waals surface area (Å²) >= 11 is 5.01.